The third-order valence-electron chi connectivity index (χ3n) is 4.09. The number of hydrogen-bond acceptors (Lipinski definition) is 5. The van der Waals surface area contributed by atoms with E-state index in [1.165, 1.54) is 17.0 Å². The van der Waals surface area contributed by atoms with Gasteiger partial charge in [0.25, 0.3) is 5.91 Å². The minimum absolute atomic E-state index is 0.00748. The highest BCUT2D eigenvalue weighted by Crippen LogP contribution is 2.40. The SMILES string of the molecule is CN(C)C(=O)c1ccc([N+](=O)[O-])c(O[C@H]2CCOc3cc(F)cc(F)c32)c1. The average molecular weight is 378 g/mol. The van der Waals surface area contributed by atoms with Gasteiger partial charge in [-0.05, 0) is 6.07 Å². The molecule has 1 atom stereocenters. The molecule has 3 rings (SSSR count). The number of carbonyl (C=O) groups excluding carboxylic acids is 1. The van der Waals surface area contributed by atoms with E-state index in [-0.39, 0.29) is 47.2 Å². The predicted molar refractivity (Wildman–Crippen MR) is 91.0 cm³/mol. The lowest BCUT2D eigenvalue weighted by molar-refractivity contribution is -0.386. The zero-order chi connectivity index (χ0) is 19.7. The summed E-state index contributed by atoms with van der Waals surface area (Å²) in [7, 11) is 3.09. The van der Waals surface area contributed by atoms with E-state index >= 15 is 0 Å². The van der Waals surface area contributed by atoms with Crippen LogP contribution in [-0.2, 0) is 0 Å². The summed E-state index contributed by atoms with van der Waals surface area (Å²) in [6.45, 7) is 0.130. The van der Waals surface area contributed by atoms with Gasteiger partial charge in [0.05, 0.1) is 17.1 Å². The fraction of sp³-hybridized carbons (Fsp3) is 0.278. The fourth-order valence-electron chi connectivity index (χ4n) is 2.83. The van der Waals surface area contributed by atoms with Crippen LogP contribution in [0.4, 0.5) is 14.5 Å². The van der Waals surface area contributed by atoms with Gasteiger partial charge in [0, 0.05) is 50.3 Å². The Kier molecular flexibility index (Phi) is 4.93. The van der Waals surface area contributed by atoms with Gasteiger partial charge >= 0.3 is 5.69 Å². The maximum atomic E-state index is 14.3. The van der Waals surface area contributed by atoms with Gasteiger partial charge in [-0.3, -0.25) is 14.9 Å². The van der Waals surface area contributed by atoms with Crippen molar-refractivity contribution < 1.29 is 28.0 Å². The number of benzene rings is 2. The van der Waals surface area contributed by atoms with Crippen LogP contribution >= 0.6 is 0 Å². The van der Waals surface area contributed by atoms with E-state index in [1.54, 1.807) is 14.1 Å². The molecule has 2 aromatic carbocycles. The molecule has 0 aromatic heterocycles. The molecule has 0 spiro atoms. The molecule has 142 valence electrons. The lowest BCUT2D eigenvalue weighted by atomic mass is 10.0. The standard InChI is InChI=1S/C18H16F2N2O5/c1-21(2)18(23)10-3-4-13(22(24)25)15(7-10)27-14-5-6-26-16-9-11(19)8-12(20)17(14)16/h3-4,7-9,14H,5-6H2,1-2H3/t14-/m0/s1. The second-order valence-electron chi connectivity index (χ2n) is 6.18. The molecule has 9 heteroatoms. The normalized spacial score (nSPS) is 15.5. The number of nitro benzene ring substituents is 1. The predicted octanol–water partition coefficient (Wildman–Crippen LogP) is 3.48. The van der Waals surface area contributed by atoms with Crippen molar-refractivity contribution in [2.75, 3.05) is 20.7 Å². The molecule has 7 nitrogen and oxygen atoms in total. The number of carbonyl (C=O) groups is 1. The molecule has 0 saturated carbocycles. The summed E-state index contributed by atoms with van der Waals surface area (Å²) in [5.74, 6) is -2.20. The maximum Gasteiger partial charge on any atom is 0.310 e. The summed E-state index contributed by atoms with van der Waals surface area (Å²) in [6, 6.07) is 5.46. The number of hydrogen-bond donors (Lipinski definition) is 0. The lowest BCUT2D eigenvalue weighted by Crippen LogP contribution is -2.23. The van der Waals surface area contributed by atoms with Gasteiger partial charge in [0.2, 0.25) is 0 Å². The van der Waals surface area contributed by atoms with Crippen LogP contribution in [-0.4, -0.2) is 36.4 Å². The third kappa shape index (κ3) is 3.67. The van der Waals surface area contributed by atoms with E-state index < -0.39 is 22.7 Å². The summed E-state index contributed by atoms with van der Waals surface area (Å²) in [4.78, 5) is 24.1. The molecule has 0 radical (unpaired) electrons. The van der Waals surface area contributed by atoms with Crippen molar-refractivity contribution in [2.24, 2.45) is 0 Å². The number of ether oxygens (including phenoxy) is 2. The minimum atomic E-state index is -0.919. The topological polar surface area (TPSA) is 81.9 Å². The van der Waals surface area contributed by atoms with Crippen LogP contribution in [0.5, 0.6) is 11.5 Å². The first kappa shape index (κ1) is 18.6. The Labute approximate surface area is 153 Å². The van der Waals surface area contributed by atoms with Crippen molar-refractivity contribution in [1.29, 1.82) is 0 Å². The van der Waals surface area contributed by atoms with Crippen LogP contribution in [0.1, 0.15) is 28.4 Å². The average Bonchev–Trinajstić information content (AvgIpc) is 2.60. The largest absolute Gasteiger partial charge is 0.493 e. The number of amides is 1. The van der Waals surface area contributed by atoms with E-state index in [4.69, 9.17) is 9.47 Å². The minimum Gasteiger partial charge on any atom is -0.493 e. The first-order valence-electron chi connectivity index (χ1n) is 8.06. The van der Waals surface area contributed by atoms with E-state index in [2.05, 4.69) is 0 Å². The zero-order valence-electron chi connectivity index (χ0n) is 14.6. The molecular weight excluding hydrogens is 362 g/mol. The Morgan fingerprint density at radius 3 is 2.70 bits per heavy atom. The van der Waals surface area contributed by atoms with Crippen LogP contribution in [0.25, 0.3) is 0 Å². The van der Waals surface area contributed by atoms with Gasteiger partial charge in [-0.1, -0.05) is 0 Å². The number of nitrogens with zero attached hydrogens (tertiary/aromatic N) is 2. The van der Waals surface area contributed by atoms with Crippen molar-refractivity contribution in [2.45, 2.75) is 12.5 Å². The number of halogens is 2. The molecule has 0 N–H and O–H groups in total. The maximum absolute atomic E-state index is 14.3. The van der Waals surface area contributed by atoms with Crippen molar-refractivity contribution in [3.8, 4) is 11.5 Å². The summed E-state index contributed by atoms with van der Waals surface area (Å²) < 4.78 is 38.6. The molecule has 1 aliphatic heterocycles. The molecule has 2 aromatic rings. The highest BCUT2D eigenvalue weighted by atomic mass is 19.1. The monoisotopic (exact) mass is 378 g/mol. The van der Waals surface area contributed by atoms with Gasteiger partial charge in [-0.15, -0.1) is 0 Å². The Balaban J connectivity index is 2.02. The number of fused-ring (bicyclic) bond motifs is 1. The molecule has 0 aliphatic carbocycles. The molecular formula is C18H16F2N2O5. The van der Waals surface area contributed by atoms with Gasteiger partial charge in [0.1, 0.15) is 23.5 Å². The summed E-state index contributed by atoms with van der Waals surface area (Å²) >= 11 is 0. The smallest absolute Gasteiger partial charge is 0.310 e. The van der Waals surface area contributed by atoms with E-state index in [9.17, 15) is 23.7 Å². The van der Waals surface area contributed by atoms with Crippen LogP contribution in [0.15, 0.2) is 30.3 Å². The third-order valence-corrected chi connectivity index (χ3v) is 4.09. The van der Waals surface area contributed by atoms with E-state index in [1.807, 2.05) is 0 Å². The molecule has 0 fully saturated rings. The number of nitro groups is 1. The number of rotatable bonds is 4. The fourth-order valence-corrected chi connectivity index (χ4v) is 2.83. The lowest BCUT2D eigenvalue weighted by Gasteiger charge is -2.27. The van der Waals surface area contributed by atoms with Crippen molar-refractivity contribution in [3.63, 3.8) is 0 Å². The molecule has 27 heavy (non-hydrogen) atoms. The second kappa shape index (κ2) is 7.18. The molecule has 0 saturated heterocycles. The second-order valence-corrected chi connectivity index (χ2v) is 6.18. The highest BCUT2D eigenvalue weighted by molar-refractivity contribution is 5.94. The zero-order valence-corrected chi connectivity index (χ0v) is 14.6. The van der Waals surface area contributed by atoms with Crippen LogP contribution < -0.4 is 9.47 Å². The van der Waals surface area contributed by atoms with Crippen molar-refractivity contribution in [1.82, 2.24) is 4.90 Å². The molecule has 0 unspecified atom stereocenters. The first-order valence-corrected chi connectivity index (χ1v) is 8.06. The highest BCUT2D eigenvalue weighted by Gasteiger charge is 2.30. The summed E-state index contributed by atoms with van der Waals surface area (Å²) in [5.41, 5.74) is -0.186. The molecule has 1 heterocycles. The van der Waals surface area contributed by atoms with Crippen molar-refractivity contribution in [3.05, 3.63) is 63.2 Å². The molecule has 1 aliphatic rings. The van der Waals surface area contributed by atoms with Crippen LogP contribution in [0.3, 0.4) is 0 Å². The summed E-state index contributed by atoms with van der Waals surface area (Å²) in [5, 5.41) is 11.3. The van der Waals surface area contributed by atoms with E-state index in [0.29, 0.717) is 6.07 Å². The molecule has 1 amide bonds. The van der Waals surface area contributed by atoms with Gasteiger partial charge in [0.15, 0.2) is 5.75 Å². The van der Waals surface area contributed by atoms with Gasteiger partial charge in [-0.25, -0.2) is 8.78 Å². The Hall–Kier alpha value is -3.23. The first-order chi connectivity index (χ1) is 12.8. The van der Waals surface area contributed by atoms with Gasteiger partial charge in [-0.2, -0.15) is 0 Å². The molecule has 0 bridgehead atoms. The van der Waals surface area contributed by atoms with E-state index in [0.717, 1.165) is 12.1 Å². The Morgan fingerprint density at radius 1 is 1.30 bits per heavy atom. The van der Waals surface area contributed by atoms with Crippen LogP contribution in [0.2, 0.25) is 0 Å². The summed E-state index contributed by atoms with van der Waals surface area (Å²) in [6.07, 6.45) is -0.712. The van der Waals surface area contributed by atoms with Crippen molar-refractivity contribution >= 4 is 11.6 Å². The van der Waals surface area contributed by atoms with Crippen LogP contribution in [0, 0.1) is 21.7 Å². The Bertz CT molecular complexity index is 917. The quantitative estimate of drug-likeness (QED) is 0.601. The Morgan fingerprint density at radius 2 is 2.04 bits per heavy atom. The van der Waals surface area contributed by atoms with Gasteiger partial charge < -0.3 is 14.4 Å².